The van der Waals surface area contributed by atoms with Crippen LogP contribution in [0.1, 0.15) is 37.7 Å². The maximum absolute atomic E-state index is 12.4. The van der Waals surface area contributed by atoms with Crippen molar-refractivity contribution in [1.29, 1.82) is 0 Å². The molecule has 1 N–H and O–H groups in total. The molecule has 2 amide bonds. The maximum Gasteiger partial charge on any atom is 0.236 e. The minimum atomic E-state index is -0.00222. The number of carbonyl (C=O) groups is 2. The Kier molecular flexibility index (Phi) is 3.07. The van der Waals surface area contributed by atoms with Crippen LogP contribution in [-0.4, -0.2) is 17.9 Å². The van der Waals surface area contributed by atoms with Gasteiger partial charge >= 0.3 is 0 Å². The zero-order chi connectivity index (χ0) is 14.4. The van der Waals surface area contributed by atoms with Crippen molar-refractivity contribution >= 4 is 17.5 Å². The highest BCUT2D eigenvalue weighted by atomic mass is 16.2. The predicted octanol–water partition coefficient (Wildman–Crippen LogP) is 2.23. The second-order valence-electron chi connectivity index (χ2n) is 6.54. The normalized spacial score (nSPS) is 28.3. The monoisotopic (exact) mass is 284 g/mol. The van der Waals surface area contributed by atoms with E-state index < -0.39 is 0 Å². The van der Waals surface area contributed by atoms with E-state index in [2.05, 4.69) is 5.32 Å². The van der Waals surface area contributed by atoms with Crippen molar-refractivity contribution in [1.82, 2.24) is 5.32 Å². The SMILES string of the molecule is O=C1C2CCC(C2)C(=O)N1c1ccc(CNC2CC2)cc1. The van der Waals surface area contributed by atoms with Gasteiger partial charge in [-0.15, -0.1) is 0 Å². The molecule has 4 nitrogen and oxygen atoms in total. The lowest BCUT2D eigenvalue weighted by Crippen LogP contribution is -2.46. The molecule has 4 rings (SSSR count). The first-order valence-electron chi connectivity index (χ1n) is 7.92. The van der Waals surface area contributed by atoms with Crippen molar-refractivity contribution in [2.24, 2.45) is 11.8 Å². The summed E-state index contributed by atoms with van der Waals surface area (Å²) in [6.07, 6.45) is 5.05. The summed E-state index contributed by atoms with van der Waals surface area (Å²) < 4.78 is 0. The lowest BCUT2D eigenvalue weighted by molar-refractivity contribution is -0.132. The van der Waals surface area contributed by atoms with Gasteiger partial charge in [0, 0.05) is 24.4 Å². The highest BCUT2D eigenvalue weighted by Crippen LogP contribution is 2.39. The number of imide groups is 1. The number of hydrogen-bond donors (Lipinski definition) is 1. The number of anilines is 1. The number of piperidine rings is 1. The van der Waals surface area contributed by atoms with E-state index in [1.807, 2.05) is 24.3 Å². The Bertz CT molecular complexity index is 555. The largest absolute Gasteiger partial charge is 0.310 e. The third-order valence-corrected chi connectivity index (χ3v) is 4.94. The second-order valence-corrected chi connectivity index (χ2v) is 6.54. The van der Waals surface area contributed by atoms with Crippen LogP contribution >= 0.6 is 0 Å². The highest BCUT2D eigenvalue weighted by Gasteiger charge is 2.45. The molecule has 1 aromatic carbocycles. The molecule has 110 valence electrons. The summed E-state index contributed by atoms with van der Waals surface area (Å²) in [5, 5.41) is 3.47. The first kappa shape index (κ1) is 13.0. The zero-order valence-electron chi connectivity index (χ0n) is 12.0. The number of carbonyl (C=O) groups excluding carboxylic acids is 2. The summed E-state index contributed by atoms with van der Waals surface area (Å²) in [5.41, 5.74) is 1.93. The van der Waals surface area contributed by atoms with Crippen molar-refractivity contribution in [3.05, 3.63) is 29.8 Å². The molecule has 2 saturated carbocycles. The van der Waals surface area contributed by atoms with Crippen LogP contribution in [0.2, 0.25) is 0 Å². The van der Waals surface area contributed by atoms with Gasteiger partial charge in [0.05, 0.1) is 5.69 Å². The summed E-state index contributed by atoms with van der Waals surface area (Å²) >= 11 is 0. The number of amides is 2. The lowest BCUT2D eigenvalue weighted by Gasteiger charge is -2.29. The minimum Gasteiger partial charge on any atom is -0.310 e. The standard InChI is InChI=1S/C17H20N2O2/c20-16-12-3-4-13(9-12)17(21)19(16)15-7-1-11(2-8-15)10-18-14-5-6-14/h1-2,7-8,12-14,18H,3-6,9-10H2. The second kappa shape index (κ2) is 4.95. The molecule has 3 fully saturated rings. The first-order valence-corrected chi connectivity index (χ1v) is 7.92. The van der Waals surface area contributed by atoms with E-state index in [0.29, 0.717) is 6.04 Å². The Labute approximate surface area is 124 Å². The van der Waals surface area contributed by atoms with Crippen LogP contribution in [-0.2, 0) is 16.1 Å². The van der Waals surface area contributed by atoms with Gasteiger partial charge in [-0.05, 0) is 49.8 Å². The van der Waals surface area contributed by atoms with Crippen LogP contribution in [0.25, 0.3) is 0 Å². The van der Waals surface area contributed by atoms with E-state index >= 15 is 0 Å². The molecule has 0 spiro atoms. The van der Waals surface area contributed by atoms with Crippen LogP contribution in [0.5, 0.6) is 0 Å². The Balaban J connectivity index is 1.52. The van der Waals surface area contributed by atoms with Crippen LogP contribution < -0.4 is 10.2 Å². The molecular weight excluding hydrogens is 264 g/mol. The molecule has 0 radical (unpaired) electrons. The molecule has 2 bridgehead atoms. The van der Waals surface area contributed by atoms with Gasteiger partial charge in [0.2, 0.25) is 11.8 Å². The Morgan fingerprint density at radius 2 is 1.57 bits per heavy atom. The first-order chi connectivity index (χ1) is 10.2. The summed E-state index contributed by atoms with van der Waals surface area (Å²) in [6, 6.07) is 8.53. The topological polar surface area (TPSA) is 49.4 Å². The molecule has 2 atom stereocenters. The van der Waals surface area contributed by atoms with Crippen LogP contribution in [0, 0.1) is 11.8 Å². The molecule has 3 aliphatic rings. The van der Waals surface area contributed by atoms with Crippen molar-refractivity contribution in [3.63, 3.8) is 0 Å². The molecule has 2 unspecified atom stereocenters. The van der Waals surface area contributed by atoms with Gasteiger partial charge < -0.3 is 5.32 Å². The fourth-order valence-corrected chi connectivity index (χ4v) is 3.47. The predicted molar refractivity (Wildman–Crippen MR) is 79.6 cm³/mol. The van der Waals surface area contributed by atoms with Gasteiger partial charge in [-0.25, -0.2) is 0 Å². The van der Waals surface area contributed by atoms with E-state index in [1.165, 1.54) is 23.3 Å². The van der Waals surface area contributed by atoms with Crippen LogP contribution in [0.3, 0.4) is 0 Å². The van der Waals surface area contributed by atoms with Gasteiger partial charge in [-0.3, -0.25) is 14.5 Å². The van der Waals surface area contributed by atoms with Gasteiger partial charge in [0.1, 0.15) is 0 Å². The third kappa shape index (κ3) is 2.38. The van der Waals surface area contributed by atoms with Crippen molar-refractivity contribution in [3.8, 4) is 0 Å². The molecule has 21 heavy (non-hydrogen) atoms. The van der Waals surface area contributed by atoms with Crippen LogP contribution in [0.15, 0.2) is 24.3 Å². The van der Waals surface area contributed by atoms with Crippen LogP contribution in [0.4, 0.5) is 5.69 Å². The average molecular weight is 284 g/mol. The molecule has 0 aromatic heterocycles. The van der Waals surface area contributed by atoms with E-state index in [1.54, 1.807) is 0 Å². The average Bonchev–Trinajstić information content (AvgIpc) is 3.21. The van der Waals surface area contributed by atoms with Gasteiger partial charge in [0.25, 0.3) is 0 Å². The van der Waals surface area contributed by atoms with Crippen molar-refractivity contribution in [2.45, 2.75) is 44.7 Å². The molecule has 1 aliphatic heterocycles. The quantitative estimate of drug-likeness (QED) is 0.863. The number of benzene rings is 1. The fraction of sp³-hybridized carbons (Fsp3) is 0.529. The van der Waals surface area contributed by atoms with E-state index in [4.69, 9.17) is 0 Å². The van der Waals surface area contributed by atoms with Gasteiger partial charge in [-0.1, -0.05) is 12.1 Å². The summed E-state index contributed by atoms with van der Waals surface area (Å²) in [7, 11) is 0. The number of nitrogens with zero attached hydrogens (tertiary/aromatic N) is 1. The molecule has 4 heteroatoms. The summed E-state index contributed by atoms with van der Waals surface area (Å²) in [5.74, 6) is 0.114. The Hall–Kier alpha value is -1.68. The molecule has 1 saturated heterocycles. The molecule has 1 aromatic rings. The fourth-order valence-electron chi connectivity index (χ4n) is 3.47. The third-order valence-electron chi connectivity index (χ3n) is 4.94. The van der Waals surface area contributed by atoms with Gasteiger partial charge in [0.15, 0.2) is 0 Å². The maximum atomic E-state index is 12.4. The summed E-state index contributed by atoms with van der Waals surface area (Å²) in [4.78, 5) is 26.2. The van der Waals surface area contributed by atoms with E-state index in [-0.39, 0.29) is 23.7 Å². The number of fused-ring (bicyclic) bond motifs is 2. The number of rotatable bonds is 4. The molecule has 2 aliphatic carbocycles. The number of hydrogen-bond acceptors (Lipinski definition) is 3. The molecule has 1 heterocycles. The molecular formula is C17H20N2O2. The zero-order valence-corrected chi connectivity index (χ0v) is 12.0. The highest BCUT2D eigenvalue weighted by molar-refractivity contribution is 6.18. The summed E-state index contributed by atoms with van der Waals surface area (Å²) in [6.45, 7) is 0.859. The number of nitrogens with one attached hydrogen (secondary N) is 1. The lowest BCUT2D eigenvalue weighted by atomic mass is 9.96. The minimum absolute atomic E-state index is 0.00222. The smallest absolute Gasteiger partial charge is 0.236 e. The van der Waals surface area contributed by atoms with E-state index in [0.717, 1.165) is 31.5 Å². The van der Waals surface area contributed by atoms with Crippen molar-refractivity contribution in [2.75, 3.05) is 4.90 Å². The Morgan fingerprint density at radius 1 is 0.952 bits per heavy atom. The Morgan fingerprint density at radius 3 is 2.14 bits per heavy atom. The van der Waals surface area contributed by atoms with Gasteiger partial charge in [-0.2, -0.15) is 0 Å². The van der Waals surface area contributed by atoms with Crippen molar-refractivity contribution < 1.29 is 9.59 Å². The van der Waals surface area contributed by atoms with E-state index in [9.17, 15) is 9.59 Å².